The van der Waals surface area contributed by atoms with Crippen LogP contribution in [0.1, 0.15) is 12.8 Å². The van der Waals surface area contributed by atoms with Crippen LogP contribution < -0.4 is 10.6 Å². The molecule has 6 nitrogen and oxygen atoms in total. The fraction of sp³-hybridized carbons (Fsp3) is 0.500. The van der Waals surface area contributed by atoms with Crippen LogP contribution in [-0.2, 0) is 10.0 Å². The molecular formula is C14H21N3O3S2. The summed E-state index contributed by atoms with van der Waals surface area (Å²) in [6.45, 7) is 0.852. The molecule has 22 heavy (non-hydrogen) atoms. The van der Waals surface area contributed by atoms with Crippen molar-refractivity contribution in [3.8, 4) is 0 Å². The summed E-state index contributed by atoms with van der Waals surface area (Å²) in [7, 11) is -3.21. The number of nitrogens with zero attached hydrogens (tertiary/aromatic N) is 1. The standard InChI is InChI=1S/C14H21N3O3S2/c1-21-13-8-4-3-7-12(13)16-14(18)15-11-6-5-9-17(10-11)22(2,19)20/h3-4,7-8,11H,5-6,9-10H2,1-2H3,(H2,15,16,18)/t11-/m0/s1. The Balaban J connectivity index is 1.94. The summed E-state index contributed by atoms with van der Waals surface area (Å²) in [5, 5.41) is 5.68. The lowest BCUT2D eigenvalue weighted by molar-refractivity contribution is 0.236. The van der Waals surface area contributed by atoms with Gasteiger partial charge < -0.3 is 10.6 Å². The minimum atomic E-state index is -3.21. The predicted octanol–water partition coefficient (Wildman–Crippen LogP) is 1.95. The Bertz CT molecular complexity index is 634. The Morgan fingerprint density at radius 2 is 2.09 bits per heavy atom. The maximum Gasteiger partial charge on any atom is 0.319 e. The number of sulfonamides is 1. The molecule has 1 saturated heterocycles. The van der Waals surface area contributed by atoms with E-state index in [-0.39, 0.29) is 12.1 Å². The van der Waals surface area contributed by atoms with E-state index in [0.717, 1.165) is 23.4 Å². The zero-order valence-corrected chi connectivity index (χ0v) is 14.3. The van der Waals surface area contributed by atoms with E-state index in [1.807, 2.05) is 30.5 Å². The molecule has 2 N–H and O–H groups in total. The first kappa shape index (κ1) is 17.1. The molecule has 0 radical (unpaired) electrons. The molecule has 0 spiro atoms. The maximum absolute atomic E-state index is 12.1. The van der Waals surface area contributed by atoms with E-state index >= 15 is 0 Å². The summed E-state index contributed by atoms with van der Waals surface area (Å²) in [4.78, 5) is 13.1. The molecule has 0 aliphatic carbocycles. The van der Waals surface area contributed by atoms with Crippen LogP contribution in [0.5, 0.6) is 0 Å². The van der Waals surface area contributed by atoms with Crippen LogP contribution in [0, 0.1) is 0 Å². The third-order valence-electron chi connectivity index (χ3n) is 3.54. The number of carbonyl (C=O) groups is 1. The smallest absolute Gasteiger partial charge is 0.319 e. The number of urea groups is 1. The molecule has 1 atom stereocenters. The van der Waals surface area contributed by atoms with Crippen molar-refractivity contribution in [2.75, 3.05) is 30.9 Å². The van der Waals surface area contributed by atoms with Gasteiger partial charge in [-0.05, 0) is 31.2 Å². The molecular weight excluding hydrogens is 322 g/mol. The molecule has 8 heteroatoms. The van der Waals surface area contributed by atoms with Crippen molar-refractivity contribution in [2.24, 2.45) is 0 Å². The SMILES string of the molecule is CSc1ccccc1NC(=O)N[C@H]1CCCN(S(C)(=O)=O)C1. The molecule has 1 aliphatic heterocycles. The van der Waals surface area contributed by atoms with Crippen LogP contribution in [0.15, 0.2) is 29.2 Å². The van der Waals surface area contributed by atoms with Crippen molar-refractivity contribution in [3.05, 3.63) is 24.3 Å². The van der Waals surface area contributed by atoms with Gasteiger partial charge in [0.2, 0.25) is 10.0 Å². The number of anilines is 1. The summed E-state index contributed by atoms with van der Waals surface area (Å²) in [5.74, 6) is 0. The third-order valence-corrected chi connectivity index (χ3v) is 5.61. The zero-order chi connectivity index (χ0) is 16.2. The number of hydrogen-bond donors (Lipinski definition) is 2. The van der Waals surface area contributed by atoms with Crippen LogP contribution in [0.2, 0.25) is 0 Å². The number of nitrogens with one attached hydrogen (secondary N) is 2. The first-order chi connectivity index (χ1) is 10.4. The molecule has 122 valence electrons. The van der Waals surface area contributed by atoms with Gasteiger partial charge in [0.15, 0.2) is 0 Å². The summed E-state index contributed by atoms with van der Waals surface area (Å²) in [6, 6.07) is 7.09. The highest BCUT2D eigenvalue weighted by Gasteiger charge is 2.26. The maximum atomic E-state index is 12.1. The molecule has 0 saturated carbocycles. The van der Waals surface area contributed by atoms with E-state index in [0.29, 0.717) is 13.1 Å². The number of piperidine rings is 1. The van der Waals surface area contributed by atoms with Crippen LogP contribution >= 0.6 is 11.8 Å². The van der Waals surface area contributed by atoms with E-state index in [2.05, 4.69) is 10.6 Å². The van der Waals surface area contributed by atoms with Crippen molar-refractivity contribution in [3.63, 3.8) is 0 Å². The fourth-order valence-electron chi connectivity index (χ4n) is 2.45. The first-order valence-electron chi connectivity index (χ1n) is 7.06. The summed E-state index contributed by atoms with van der Waals surface area (Å²) in [6.07, 6.45) is 4.68. The second kappa shape index (κ2) is 7.34. The molecule has 2 amide bonds. The second-order valence-electron chi connectivity index (χ2n) is 5.26. The second-order valence-corrected chi connectivity index (χ2v) is 8.09. The zero-order valence-electron chi connectivity index (χ0n) is 12.7. The lowest BCUT2D eigenvalue weighted by Gasteiger charge is -2.31. The highest BCUT2D eigenvalue weighted by molar-refractivity contribution is 7.98. The fourth-order valence-corrected chi connectivity index (χ4v) is 3.92. The lowest BCUT2D eigenvalue weighted by atomic mass is 10.1. The largest absolute Gasteiger partial charge is 0.334 e. The molecule has 1 heterocycles. The number of hydrogen-bond acceptors (Lipinski definition) is 4. The van der Waals surface area contributed by atoms with Crippen molar-refractivity contribution in [1.29, 1.82) is 0 Å². The van der Waals surface area contributed by atoms with Crippen molar-refractivity contribution >= 4 is 33.5 Å². The number of rotatable bonds is 4. The highest BCUT2D eigenvalue weighted by atomic mass is 32.2. The van der Waals surface area contributed by atoms with Gasteiger partial charge in [-0.2, -0.15) is 0 Å². The Hall–Kier alpha value is -1.25. The number of amides is 2. The topological polar surface area (TPSA) is 78.5 Å². The van der Waals surface area contributed by atoms with Gasteiger partial charge in [0, 0.05) is 24.0 Å². The number of para-hydroxylation sites is 1. The van der Waals surface area contributed by atoms with E-state index < -0.39 is 10.0 Å². The molecule has 0 unspecified atom stereocenters. The average molecular weight is 343 g/mol. The van der Waals surface area contributed by atoms with E-state index in [4.69, 9.17) is 0 Å². The predicted molar refractivity (Wildman–Crippen MR) is 89.8 cm³/mol. The molecule has 1 aliphatic rings. The number of benzene rings is 1. The molecule has 1 fully saturated rings. The first-order valence-corrected chi connectivity index (χ1v) is 10.1. The van der Waals surface area contributed by atoms with Crippen LogP contribution in [0.3, 0.4) is 0 Å². The van der Waals surface area contributed by atoms with Gasteiger partial charge in [-0.1, -0.05) is 12.1 Å². The van der Waals surface area contributed by atoms with Gasteiger partial charge in [-0.25, -0.2) is 17.5 Å². The molecule has 0 bridgehead atoms. The molecule has 2 rings (SSSR count). The Morgan fingerprint density at radius 3 is 2.77 bits per heavy atom. The Morgan fingerprint density at radius 1 is 1.36 bits per heavy atom. The molecule has 0 aromatic heterocycles. The van der Waals surface area contributed by atoms with Crippen LogP contribution in [-0.4, -0.2) is 50.4 Å². The van der Waals surface area contributed by atoms with E-state index in [1.165, 1.54) is 10.6 Å². The van der Waals surface area contributed by atoms with Gasteiger partial charge >= 0.3 is 6.03 Å². The van der Waals surface area contributed by atoms with Crippen LogP contribution in [0.25, 0.3) is 0 Å². The molecule has 1 aromatic carbocycles. The monoisotopic (exact) mass is 343 g/mol. The van der Waals surface area contributed by atoms with Gasteiger partial charge in [-0.15, -0.1) is 11.8 Å². The van der Waals surface area contributed by atoms with Crippen molar-refractivity contribution in [1.82, 2.24) is 9.62 Å². The summed E-state index contributed by atoms with van der Waals surface area (Å²) >= 11 is 1.56. The Kier molecular flexibility index (Phi) is 5.71. The quantitative estimate of drug-likeness (QED) is 0.819. The average Bonchev–Trinajstić information content (AvgIpc) is 2.47. The van der Waals surface area contributed by atoms with Gasteiger partial charge in [-0.3, -0.25) is 0 Å². The lowest BCUT2D eigenvalue weighted by Crippen LogP contribution is -2.50. The number of thioether (sulfide) groups is 1. The summed E-state index contributed by atoms with van der Waals surface area (Å²) in [5.41, 5.74) is 0.753. The highest BCUT2D eigenvalue weighted by Crippen LogP contribution is 2.24. The van der Waals surface area contributed by atoms with E-state index in [9.17, 15) is 13.2 Å². The van der Waals surface area contributed by atoms with Gasteiger partial charge in [0.25, 0.3) is 0 Å². The van der Waals surface area contributed by atoms with Gasteiger partial charge in [0.05, 0.1) is 11.9 Å². The summed E-state index contributed by atoms with van der Waals surface area (Å²) < 4.78 is 24.6. The normalized spacial score (nSPS) is 19.6. The van der Waals surface area contributed by atoms with Crippen LogP contribution in [0.4, 0.5) is 10.5 Å². The minimum Gasteiger partial charge on any atom is -0.334 e. The Labute approximate surface area is 135 Å². The van der Waals surface area contributed by atoms with Crippen molar-refractivity contribution < 1.29 is 13.2 Å². The third kappa shape index (κ3) is 4.62. The van der Waals surface area contributed by atoms with E-state index in [1.54, 1.807) is 11.8 Å². The van der Waals surface area contributed by atoms with Gasteiger partial charge in [0.1, 0.15) is 0 Å². The number of carbonyl (C=O) groups excluding carboxylic acids is 1. The van der Waals surface area contributed by atoms with Crippen molar-refractivity contribution in [2.45, 2.75) is 23.8 Å². The minimum absolute atomic E-state index is 0.162. The molecule has 1 aromatic rings.